The third-order valence-corrected chi connectivity index (χ3v) is 12.7. The number of esters is 3. The molecule has 6 nitrogen and oxygen atoms in total. The van der Waals surface area contributed by atoms with Crippen LogP contribution in [0.5, 0.6) is 0 Å². The summed E-state index contributed by atoms with van der Waals surface area (Å²) < 4.78 is 16.9. The maximum Gasteiger partial charge on any atom is 0.306 e. The minimum absolute atomic E-state index is 0.0843. The van der Waals surface area contributed by atoms with E-state index >= 15 is 0 Å². The quantitative estimate of drug-likeness (QED) is 0.0262. The third kappa shape index (κ3) is 55.6. The molecule has 0 spiro atoms. The summed E-state index contributed by atoms with van der Waals surface area (Å²) in [5.74, 6) is -0.901. The van der Waals surface area contributed by atoms with E-state index in [-0.39, 0.29) is 31.1 Å². The standard InChI is InChI=1S/C63H110O6/c1-4-7-10-13-16-19-22-25-28-30-31-33-35-38-41-44-47-50-53-56-62(65)68-59-60(58-67-61(64)55-52-49-46-43-40-37-34-27-24-21-18-15-12-9-6-3)69-63(66)57-54-51-48-45-42-39-36-32-29-26-23-20-17-14-11-8-5-2/h8,11,16-17,19-20,25-26,28-29,36,39,60H,4-7,9-10,12-15,18,21-24,27,30-35,37-38,40-59H2,1-3H3/b11-8-,19-16-,20-17-,28-25-,29-26-,39-36-. The molecule has 0 aliphatic rings. The van der Waals surface area contributed by atoms with Gasteiger partial charge in [-0.05, 0) is 89.9 Å². The van der Waals surface area contributed by atoms with Crippen LogP contribution in [0.15, 0.2) is 72.9 Å². The first-order chi connectivity index (χ1) is 34.0. The average Bonchev–Trinajstić information content (AvgIpc) is 3.35. The summed E-state index contributed by atoms with van der Waals surface area (Å²) in [6, 6.07) is 0. The highest BCUT2D eigenvalue weighted by Gasteiger charge is 2.19. The number of carbonyl (C=O) groups is 3. The van der Waals surface area contributed by atoms with Crippen LogP contribution in [-0.2, 0) is 28.6 Å². The molecule has 398 valence electrons. The first-order valence-electron chi connectivity index (χ1n) is 29.4. The lowest BCUT2D eigenvalue weighted by atomic mass is 10.0. The normalized spacial score (nSPS) is 12.6. The predicted molar refractivity (Wildman–Crippen MR) is 298 cm³/mol. The van der Waals surface area contributed by atoms with Crippen LogP contribution in [0.25, 0.3) is 0 Å². The molecule has 0 heterocycles. The summed E-state index contributed by atoms with van der Waals surface area (Å²) >= 11 is 0. The molecule has 0 bridgehead atoms. The lowest BCUT2D eigenvalue weighted by Crippen LogP contribution is -2.30. The monoisotopic (exact) mass is 963 g/mol. The van der Waals surface area contributed by atoms with Crippen LogP contribution in [0.4, 0.5) is 0 Å². The van der Waals surface area contributed by atoms with Crippen molar-refractivity contribution in [2.24, 2.45) is 0 Å². The van der Waals surface area contributed by atoms with Gasteiger partial charge >= 0.3 is 17.9 Å². The molecule has 0 aromatic carbocycles. The van der Waals surface area contributed by atoms with E-state index in [1.807, 2.05) is 0 Å². The van der Waals surface area contributed by atoms with Crippen LogP contribution >= 0.6 is 0 Å². The smallest absolute Gasteiger partial charge is 0.306 e. The van der Waals surface area contributed by atoms with Crippen LogP contribution < -0.4 is 0 Å². The second-order valence-corrected chi connectivity index (χ2v) is 19.5. The molecular weight excluding hydrogens is 853 g/mol. The van der Waals surface area contributed by atoms with Crippen molar-refractivity contribution in [3.05, 3.63) is 72.9 Å². The zero-order chi connectivity index (χ0) is 50.0. The molecule has 0 radical (unpaired) electrons. The Balaban J connectivity index is 4.40. The Hall–Kier alpha value is -3.15. The minimum Gasteiger partial charge on any atom is -0.462 e. The molecule has 0 saturated carbocycles. The molecule has 0 amide bonds. The molecule has 0 aromatic heterocycles. The maximum absolute atomic E-state index is 12.9. The highest BCUT2D eigenvalue weighted by Crippen LogP contribution is 2.16. The van der Waals surface area contributed by atoms with E-state index < -0.39 is 6.10 Å². The molecule has 0 aliphatic carbocycles. The number of carbonyl (C=O) groups excluding carboxylic acids is 3. The molecule has 0 saturated heterocycles. The average molecular weight is 964 g/mol. The van der Waals surface area contributed by atoms with Crippen LogP contribution in [0.2, 0.25) is 0 Å². The van der Waals surface area contributed by atoms with Crippen LogP contribution in [0, 0.1) is 0 Å². The van der Waals surface area contributed by atoms with Gasteiger partial charge in [-0.3, -0.25) is 14.4 Å². The maximum atomic E-state index is 12.9. The van der Waals surface area contributed by atoms with Crippen molar-refractivity contribution in [1.82, 2.24) is 0 Å². The van der Waals surface area contributed by atoms with Gasteiger partial charge in [0.05, 0.1) is 0 Å². The second kappa shape index (κ2) is 57.4. The van der Waals surface area contributed by atoms with Gasteiger partial charge < -0.3 is 14.2 Å². The highest BCUT2D eigenvalue weighted by atomic mass is 16.6. The van der Waals surface area contributed by atoms with Gasteiger partial charge in [-0.15, -0.1) is 0 Å². The first-order valence-corrected chi connectivity index (χ1v) is 29.4. The minimum atomic E-state index is -0.789. The number of allylic oxidation sites excluding steroid dienone is 12. The summed E-state index contributed by atoms with van der Waals surface area (Å²) in [7, 11) is 0. The van der Waals surface area contributed by atoms with Gasteiger partial charge in [-0.2, -0.15) is 0 Å². The van der Waals surface area contributed by atoms with Crippen molar-refractivity contribution < 1.29 is 28.6 Å². The Labute approximate surface area is 427 Å². The Kier molecular flexibility index (Phi) is 54.8. The van der Waals surface area contributed by atoms with Crippen molar-refractivity contribution in [3.8, 4) is 0 Å². The number of unbranched alkanes of at least 4 members (excludes halogenated alkanes) is 30. The van der Waals surface area contributed by atoms with Gasteiger partial charge in [0.1, 0.15) is 13.2 Å². The fourth-order valence-corrected chi connectivity index (χ4v) is 8.29. The summed E-state index contributed by atoms with van der Waals surface area (Å²) in [4.78, 5) is 38.2. The van der Waals surface area contributed by atoms with E-state index in [9.17, 15) is 14.4 Å². The SMILES string of the molecule is CC/C=C\C/C=C\C/C=C\C/C=C\CCCCCCC(=O)OC(COC(=O)CCCCCCCCCCC/C=C\C/C=C\CCCCC)COC(=O)CCCCCCCCCCCCCCCCC. The molecule has 6 heteroatoms. The van der Waals surface area contributed by atoms with Crippen molar-refractivity contribution >= 4 is 17.9 Å². The second-order valence-electron chi connectivity index (χ2n) is 19.5. The Morgan fingerprint density at radius 1 is 0.304 bits per heavy atom. The number of rotatable bonds is 53. The molecule has 0 aliphatic heterocycles. The molecular formula is C63H110O6. The molecule has 1 atom stereocenters. The summed E-state index contributed by atoms with van der Waals surface area (Å²) in [5, 5.41) is 0. The van der Waals surface area contributed by atoms with Crippen LogP contribution in [-0.4, -0.2) is 37.2 Å². The van der Waals surface area contributed by atoms with Crippen molar-refractivity contribution in [1.29, 1.82) is 0 Å². The molecule has 1 unspecified atom stereocenters. The Morgan fingerprint density at radius 3 is 0.913 bits per heavy atom. The first kappa shape index (κ1) is 65.8. The fourth-order valence-electron chi connectivity index (χ4n) is 8.29. The van der Waals surface area contributed by atoms with Gasteiger partial charge in [0.25, 0.3) is 0 Å². The van der Waals surface area contributed by atoms with Gasteiger partial charge in [0.15, 0.2) is 6.10 Å². The van der Waals surface area contributed by atoms with Crippen molar-refractivity contribution in [2.45, 2.75) is 297 Å². The van der Waals surface area contributed by atoms with Crippen molar-refractivity contribution in [3.63, 3.8) is 0 Å². The summed E-state index contributed by atoms with van der Waals surface area (Å²) in [6.07, 6.45) is 73.2. The van der Waals surface area contributed by atoms with E-state index in [0.29, 0.717) is 19.3 Å². The largest absolute Gasteiger partial charge is 0.462 e. The zero-order valence-electron chi connectivity index (χ0n) is 45.6. The van der Waals surface area contributed by atoms with E-state index in [1.54, 1.807) is 0 Å². The molecule has 69 heavy (non-hydrogen) atoms. The zero-order valence-corrected chi connectivity index (χ0v) is 45.6. The van der Waals surface area contributed by atoms with Gasteiger partial charge in [-0.1, -0.05) is 254 Å². The number of ether oxygens (including phenoxy) is 3. The van der Waals surface area contributed by atoms with Crippen LogP contribution in [0.1, 0.15) is 290 Å². The van der Waals surface area contributed by atoms with Gasteiger partial charge in [0, 0.05) is 19.3 Å². The Morgan fingerprint density at radius 2 is 0.565 bits per heavy atom. The van der Waals surface area contributed by atoms with Gasteiger partial charge in [-0.25, -0.2) is 0 Å². The summed E-state index contributed by atoms with van der Waals surface area (Å²) in [5.41, 5.74) is 0. The third-order valence-electron chi connectivity index (χ3n) is 12.7. The number of hydrogen-bond donors (Lipinski definition) is 0. The molecule has 0 rings (SSSR count). The topological polar surface area (TPSA) is 78.9 Å². The highest BCUT2D eigenvalue weighted by molar-refractivity contribution is 5.71. The van der Waals surface area contributed by atoms with E-state index in [2.05, 4.69) is 93.7 Å². The molecule has 0 aromatic rings. The molecule has 0 fully saturated rings. The van der Waals surface area contributed by atoms with Crippen LogP contribution in [0.3, 0.4) is 0 Å². The lowest BCUT2D eigenvalue weighted by molar-refractivity contribution is -0.167. The predicted octanol–water partition coefficient (Wildman–Crippen LogP) is 19.8. The summed E-state index contributed by atoms with van der Waals surface area (Å²) in [6.45, 7) is 6.51. The van der Waals surface area contributed by atoms with E-state index in [0.717, 1.165) is 103 Å². The Bertz CT molecular complexity index is 1290. The fraction of sp³-hybridized carbons (Fsp3) is 0.762. The number of hydrogen-bond acceptors (Lipinski definition) is 6. The van der Waals surface area contributed by atoms with Gasteiger partial charge in [0.2, 0.25) is 0 Å². The molecule has 0 N–H and O–H groups in total. The van der Waals surface area contributed by atoms with E-state index in [1.165, 1.54) is 148 Å². The van der Waals surface area contributed by atoms with Crippen molar-refractivity contribution in [2.75, 3.05) is 13.2 Å². The lowest BCUT2D eigenvalue weighted by Gasteiger charge is -2.18. The van der Waals surface area contributed by atoms with E-state index in [4.69, 9.17) is 14.2 Å².